The zero-order valence-electron chi connectivity index (χ0n) is 16.5. The lowest BCUT2D eigenvalue weighted by Crippen LogP contribution is -2.17. The number of ether oxygens (including phenoxy) is 2. The number of benzene rings is 2. The SMILES string of the molecule is COc1ccc(-c2nc(SCCOc3ccc(/C=C4\SC(=O)NC4=O)cc3)n[nH]2)cc1. The van der Waals surface area contributed by atoms with Gasteiger partial charge in [0.25, 0.3) is 11.1 Å². The summed E-state index contributed by atoms with van der Waals surface area (Å²) in [5.41, 5.74) is 1.75. The Hall–Kier alpha value is -3.24. The third-order valence-electron chi connectivity index (χ3n) is 4.23. The number of aromatic amines is 1. The van der Waals surface area contributed by atoms with Crippen LogP contribution in [0, 0.1) is 0 Å². The molecule has 2 heterocycles. The molecule has 1 aromatic heterocycles. The standard InChI is InChI=1S/C21H18N4O4S2/c1-28-15-8-4-14(5-9-15)18-22-20(25-24-18)30-11-10-29-16-6-2-13(3-7-16)12-17-19(26)23-21(27)31-17/h2-9,12H,10-11H2,1H3,(H,22,24,25)(H,23,26,27)/b17-12-. The third-order valence-corrected chi connectivity index (χ3v) is 5.85. The van der Waals surface area contributed by atoms with Gasteiger partial charge in [-0.05, 0) is 59.8 Å². The summed E-state index contributed by atoms with van der Waals surface area (Å²) in [4.78, 5) is 27.7. The van der Waals surface area contributed by atoms with Crippen LogP contribution in [0.25, 0.3) is 17.5 Å². The van der Waals surface area contributed by atoms with Gasteiger partial charge in [0.1, 0.15) is 11.5 Å². The number of hydrogen-bond acceptors (Lipinski definition) is 8. The maximum Gasteiger partial charge on any atom is 0.290 e. The second-order valence-electron chi connectivity index (χ2n) is 6.31. The van der Waals surface area contributed by atoms with Crippen molar-refractivity contribution >= 4 is 40.7 Å². The average molecular weight is 455 g/mol. The Morgan fingerprint density at radius 1 is 1.06 bits per heavy atom. The average Bonchev–Trinajstić information content (AvgIpc) is 3.38. The van der Waals surface area contributed by atoms with Gasteiger partial charge in [-0.1, -0.05) is 23.9 Å². The number of carbonyl (C=O) groups is 2. The maximum absolute atomic E-state index is 11.6. The topological polar surface area (TPSA) is 106 Å². The molecule has 1 saturated heterocycles. The van der Waals surface area contributed by atoms with Crippen molar-refractivity contribution < 1.29 is 19.1 Å². The Bertz CT molecular complexity index is 1110. The van der Waals surface area contributed by atoms with Crippen LogP contribution in [0.5, 0.6) is 11.5 Å². The first-order valence-electron chi connectivity index (χ1n) is 9.28. The summed E-state index contributed by atoms with van der Waals surface area (Å²) in [6, 6.07) is 14.9. The maximum atomic E-state index is 11.6. The highest BCUT2D eigenvalue weighted by atomic mass is 32.2. The van der Waals surface area contributed by atoms with E-state index in [1.807, 2.05) is 48.5 Å². The van der Waals surface area contributed by atoms with Crippen molar-refractivity contribution in [2.75, 3.05) is 19.5 Å². The van der Waals surface area contributed by atoms with Crippen molar-refractivity contribution in [1.29, 1.82) is 0 Å². The molecule has 0 aliphatic carbocycles. The lowest BCUT2D eigenvalue weighted by molar-refractivity contribution is -0.115. The minimum absolute atomic E-state index is 0.351. The molecule has 1 aliphatic rings. The fraction of sp³-hybridized carbons (Fsp3) is 0.143. The van der Waals surface area contributed by atoms with Crippen LogP contribution >= 0.6 is 23.5 Å². The number of nitrogens with zero attached hydrogens (tertiary/aromatic N) is 2. The molecule has 0 spiro atoms. The molecule has 10 heteroatoms. The lowest BCUT2D eigenvalue weighted by Gasteiger charge is -2.05. The smallest absolute Gasteiger partial charge is 0.290 e. The Kier molecular flexibility index (Phi) is 6.58. The van der Waals surface area contributed by atoms with E-state index in [0.717, 1.165) is 34.4 Å². The quantitative estimate of drug-likeness (QED) is 0.299. The number of nitrogens with one attached hydrogen (secondary N) is 2. The van der Waals surface area contributed by atoms with Gasteiger partial charge >= 0.3 is 0 Å². The number of imide groups is 1. The van der Waals surface area contributed by atoms with Gasteiger partial charge in [-0.3, -0.25) is 20.0 Å². The van der Waals surface area contributed by atoms with Crippen molar-refractivity contribution in [2.45, 2.75) is 5.16 Å². The summed E-state index contributed by atoms with van der Waals surface area (Å²) in [6.07, 6.45) is 1.67. The van der Waals surface area contributed by atoms with Crippen molar-refractivity contribution in [3.8, 4) is 22.9 Å². The molecular formula is C21H18N4O4S2. The molecule has 158 valence electrons. The molecule has 8 nitrogen and oxygen atoms in total. The predicted octanol–water partition coefficient (Wildman–Crippen LogP) is 3.98. The van der Waals surface area contributed by atoms with Gasteiger partial charge in [-0.2, -0.15) is 0 Å². The minimum Gasteiger partial charge on any atom is -0.497 e. The molecular weight excluding hydrogens is 436 g/mol. The van der Waals surface area contributed by atoms with Crippen molar-refractivity contribution in [3.05, 3.63) is 59.0 Å². The fourth-order valence-corrected chi connectivity index (χ4v) is 4.01. The van der Waals surface area contributed by atoms with E-state index in [2.05, 4.69) is 20.5 Å². The Balaban J connectivity index is 1.24. The first-order valence-corrected chi connectivity index (χ1v) is 11.1. The molecule has 2 amide bonds. The van der Waals surface area contributed by atoms with Crippen LogP contribution in [-0.4, -0.2) is 45.8 Å². The van der Waals surface area contributed by atoms with E-state index < -0.39 is 0 Å². The summed E-state index contributed by atoms with van der Waals surface area (Å²) < 4.78 is 10.9. The minimum atomic E-state index is -0.366. The second-order valence-corrected chi connectivity index (χ2v) is 8.39. The molecule has 4 rings (SSSR count). The van der Waals surface area contributed by atoms with Gasteiger partial charge in [0.05, 0.1) is 18.6 Å². The van der Waals surface area contributed by atoms with E-state index >= 15 is 0 Å². The number of hydrogen-bond donors (Lipinski definition) is 2. The summed E-state index contributed by atoms with van der Waals surface area (Å²) in [7, 11) is 1.63. The first-order chi connectivity index (χ1) is 15.1. The number of amides is 2. The Labute approximate surface area is 186 Å². The highest BCUT2D eigenvalue weighted by Crippen LogP contribution is 2.26. The van der Waals surface area contributed by atoms with Gasteiger partial charge in [0.2, 0.25) is 5.16 Å². The van der Waals surface area contributed by atoms with E-state index in [-0.39, 0.29) is 11.1 Å². The van der Waals surface area contributed by atoms with Crippen LogP contribution in [0.1, 0.15) is 5.56 Å². The molecule has 0 radical (unpaired) electrons. The zero-order valence-corrected chi connectivity index (χ0v) is 18.1. The molecule has 31 heavy (non-hydrogen) atoms. The van der Waals surface area contributed by atoms with Gasteiger partial charge in [-0.25, -0.2) is 4.98 Å². The van der Waals surface area contributed by atoms with Crippen molar-refractivity contribution in [3.63, 3.8) is 0 Å². The Morgan fingerprint density at radius 3 is 2.48 bits per heavy atom. The van der Waals surface area contributed by atoms with Gasteiger partial charge < -0.3 is 9.47 Å². The Morgan fingerprint density at radius 2 is 1.81 bits per heavy atom. The van der Waals surface area contributed by atoms with E-state index in [9.17, 15) is 9.59 Å². The first kappa shape index (κ1) is 21.0. The summed E-state index contributed by atoms with van der Waals surface area (Å²) in [6.45, 7) is 0.490. The van der Waals surface area contributed by atoms with Crippen LogP contribution in [-0.2, 0) is 4.79 Å². The lowest BCUT2D eigenvalue weighted by atomic mass is 10.2. The molecule has 2 N–H and O–H groups in total. The number of rotatable bonds is 8. The van der Waals surface area contributed by atoms with Crippen molar-refractivity contribution in [1.82, 2.24) is 20.5 Å². The van der Waals surface area contributed by atoms with Crippen molar-refractivity contribution in [2.24, 2.45) is 0 Å². The number of carbonyl (C=O) groups excluding carboxylic acids is 2. The van der Waals surface area contributed by atoms with Crippen LogP contribution in [0.15, 0.2) is 58.6 Å². The number of H-pyrrole nitrogens is 1. The molecule has 0 atom stereocenters. The fourth-order valence-electron chi connectivity index (χ4n) is 2.71. The predicted molar refractivity (Wildman–Crippen MR) is 120 cm³/mol. The van der Waals surface area contributed by atoms with Crippen LogP contribution in [0.3, 0.4) is 0 Å². The van der Waals surface area contributed by atoms with Gasteiger partial charge in [-0.15, -0.1) is 5.10 Å². The molecule has 0 saturated carbocycles. The number of thioether (sulfide) groups is 2. The molecule has 1 fully saturated rings. The van der Waals surface area contributed by atoms with E-state index in [1.165, 1.54) is 11.8 Å². The summed E-state index contributed by atoms with van der Waals surface area (Å²) in [5, 5.41) is 9.70. The van der Waals surface area contributed by atoms with Crippen LogP contribution < -0.4 is 14.8 Å². The summed E-state index contributed by atoms with van der Waals surface area (Å²) in [5.74, 6) is 2.53. The summed E-state index contributed by atoms with van der Waals surface area (Å²) >= 11 is 2.39. The molecule has 1 aliphatic heterocycles. The molecule has 0 bridgehead atoms. The van der Waals surface area contributed by atoms with E-state index in [1.54, 1.807) is 13.2 Å². The molecule has 2 aromatic carbocycles. The van der Waals surface area contributed by atoms with Gasteiger partial charge in [0.15, 0.2) is 5.82 Å². The number of aromatic nitrogens is 3. The number of methoxy groups -OCH3 is 1. The van der Waals surface area contributed by atoms with E-state index in [4.69, 9.17) is 9.47 Å². The highest BCUT2D eigenvalue weighted by Gasteiger charge is 2.24. The molecule has 0 unspecified atom stereocenters. The second kappa shape index (κ2) is 9.71. The monoisotopic (exact) mass is 454 g/mol. The van der Waals surface area contributed by atoms with Crippen LogP contribution in [0.2, 0.25) is 0 Å². The third kappa shape index (κ3) is 5.47. The highest BCUT2D eigenvalue weighted by molar-refractivity contribution is 8.18. The zero-order chi connectivity index (χ0) is 21.6. The van der Waals surface area contributed by atoms with Crippen LogP contribution in [0.4, 0.5) is 4.79 Å². The van der Waals surface area contributed by atoms with Gasteiger partial charge in [0, 0.05) is 11.3 Å². The van der Waals surface area contributed by atoms with E-state index in [0.29, 0.717) is 28.2 Å². The largest absolute Gasteiger partial charge is 0.497 e. The molecule has 3 aromatic rings. The normalized spacial score (nSPS) is 14.7.